The van der Waals surface area contributed by atoms with Gasteiger partial charge in [0.05, 0.1) is 0 Å². The summed E-state index contributed by atoms with van der Waals surface area (Å²) in [6, 6.07) is 8.70. The Morgan fingerprint density at radius 3 is 2.55 bits per heavy atom. The molecule has 1 fully saturated rings. The molecule has 11 heavy (non-hydrogen) atoms. The first kappa shape index (κ1) is 7.32. The Balaban J connectivity index is 2.31. The Morgan fingerprint density at radius 1 is 1.36 bits per heavy atom. The number of hydrogen-bond donors (Lipinski definition) is 1. The van der Waals surface area contributed by atoms with E-state index in [1.165, 1.54) is 10.0 Å². The third-order valence-electron chi connectivity index (χ3n) is 2.14. The molecule has 1 saturated carbocycles. The Hall–Kier alpha value is -0.340. The van der Waals surface area contributed by atoms with Crippen molar-refractivity contribution in [1.29, 1.82) is 0 Å². The van der Waals surface area contributed by atoms with Crippen molar-refractivity contribution in [3.8, 4) is 0 Å². The molecule has 0 radical (unpaired) electrons. The van der Waals surface area contributed by atoms with Crippen LogP contribution in [0.5, 0.6) is 0 Å². The topological polar surface area (TPSA) is 26.0 Å². The molecule has 0 saturated heterocycles. The van der Waals surface area contributed by atoms with Gasteiger partial charge in [-0.2, -0.15) is 0 Å². The lowest BCUT2D eigenvalue weighted by Crippen LogP contribution is -2.01. The van der Waals surface area contributed by atoms with E-state index in [0.717, 1.165) is 6.42 Å². The normalized spacial score (nSPS) is 28.5. The van der Waals surface area contributed by atoms with Crippen LogP contribution in [0.3, 0.4) is 0 Å². The fourth-order valence-electron chi connectivity index (χ4n) is 1.35. The molecule has 1 aromatic carbocycles. The number of benzene rings is 1. The highest BCUT2D eigenvalue weighted by Crippen LogP contribution is 2.41. The maximum atomic E-state index is 5.75. The Morgan fingerprint density at radius 2 is 2.00 bits per heavy atom. The van der Waals surface area contributed by atoms with Crippen LogP contribution in [0.2, 0.25) is 0 Å². The zero-order chi connectivity index (χ0) is 7.84. The van der Waals surface area contributed by atoms with Crippen molar-refractivity contribution in [2.24, 2.45) is 5.73 Å². The van der Waals surface area contributed by atoms with Crippen LogP contribution in [-0.4, -0.2) is 6.04 Å². The van der Waals surface area contributed by atoms with Gasteiger partial charge >= 0.3 is 0 Å². The van der Waals surface area contributed by atoms with E-state index in [1.807, 2.05) is 6.07 Å². The summed E-state index contributed by atoms with van der Waals surface area (Å²) < 4.78 is 1.19. The Bertz CT molecular complexity index is 272. The second-order valence-corrected chi connectivity index (χ2v) is 3.88. The van der Waals surface area contributed by atoms with Crippen molar-refractivity contribution < 1.29 is 0 Å². The van der Waals surface area contributed by atoms with Crippen molar-refractivity contribution in [3.63, 3.8) is 0 Å². The fraction of sp³-hybridized carbons (Fsp3) is 0.333. The second-order valence-electron chi connectivity index (χ2n) is 3.03. The summed E-state index contributed by atoms with van der Waals surface area (Å²) in [5, 5.41) is 0. The smallest absolute Gasteiger partial charge is 0.0210 e. The zero-order valence-corrected chi connectivity index (χ0v) is 7.71. The van der Waals surface area contributed by atoms with Crippen LogP contribution in [0.4, 0.5) is 0 Å². The van der Waals surface area contributed by atoms with E-state index in [4.69, 9.17) is 5.73 Å². The highest BCUT2D eigenvalue weighted by molar-refractivity contribution is 9.10. The van der Waals surface area contributed by atoms with Crippen LogP contribution in [0.15, 0.2) is 28.7 Å². The predicted molar refractivity (Wildman–Crippen MR) is 49.5 cm³/mol. The van der Waals surface area contributed by atoms with Gasteiger partial charge in [-0.25, -0.2) is 0 Å². The number of halogens is 1. The predicted octanol–water partition coefficient (Wildman–Crippen LogP) is 2.26. The van der Waals surface area contributed by atoms with Crippen molar-refractivity contribution in [3.05, 3.63) is 34.3 Å². The lowest BCUT2D eigenvalue weighted by Gasteiger charge is -2.00. The largest absolute Gasteiger partial charge is 0.327 e. The molecule has 0 amide bonds. The SMILES string of the molecule is N[C@@H]1C[C@H]1c1ccccc1Br. The summed E-state index contributed by atoms with van der Waals surface area (Å²) in [7, 11) is 0. The third kappa shape index (κ3) is 1.33. The molecule has 0 bridgehead atoms. The number of rotatable bonds is 1. The summed E-state index contributed by atoms with van der Waals surface area (Å²) in [6.45, 7) is 0. The second kappa shape index (κ2) is 2.61. The van der Waals surface area contributed by atoms with Crippen molar-refractivity contribution in [2.75, 3.05) is 0 Å². The minimum Gasteiger partial charge on any atom is -0.327 e. The van der Waals surface area contributed by atoms with Gasteiger partial charge in [0, 0.05) is 16.4 Å². The fourth-order valence-corrected chi connectivity index (χ4v) is 1.93. The molecule has 0 heterocycles. The van der Waals surface area contributed by atoms with Crippen LogP contribution in [0, 0.1) is 0 Å². The third-order valence-corrected chi connectivity index (χ3v) is 2.87. The van der Waals surface area contributed by atoms with E-state index < -0.39 is 0 Å². The summed E-state index contributed by atoms with van der Waals surface area (Å²) in [6.07, 6.45) is 1.14. The first-order valence-electron chi connectivity index (χ1n) is 3.79. The van der Waals surface area contributed by atoms with Crippen LogP contribution in [0.25, 0.3) is 0 Å². The molecule has 1 aliphatic carbocycles. The molecule has 0 aliphatic heterocycles. The minimum atomic E-state index is 0.397. The van der Waals surface area contributed by atoms with Gasteiger partial charge in [-0.1, -0.05) is 34.1 Å². The van der Waals surface area contributed by atoms with Gasteiger partial charge in [-0.3, -0.25) is 0 Å². The molecular weight excluding hydrogens is 202 g/mol. The van der Waals surface area contributed by atoms with E-state index in [1.54, 1.807) is 0 Å². The molecular formula is C9H10BrN. The Kier molecular flexibility index (Phi) is 1.74. The van der Waals surface area contributed by atoms with E-state index in [-0.39, 0.29) is 0 Å². The van der Waals surface area contributed by atoms with E-state index in [0.29, 0.717) is 12.0 Å². The van der Waals surface area contributed by atoms with Crippen LogP contribution in [-0.2, 0) is 0 Å². The average Bonchev–Trinajstić information content (AvgIpc) is 2.68. The maximum absolute atomic E-state index is 5.75. The summed E-state index contributed by atoms with van der Waals surface area (Å²) in [5.41, 5.74) is 7.11. The van der Waals surface area contributed by atoms with Crippen LogP contribution in [0.1, 0.15) is 17.9 Å². The van der Waals surface area contributed by atoms with Crippen molar-refractivity contribution in [2.45, 2.75) is 18.4 Å². The van der Waals surface area contributed by atoms with E-state index in [9.17, 15) is 0 Å². The van der Waals surface area contributed by atoms with Crippen molar-refractivity contribution in [1.82, 2.24) is 0 Å². The molecule has 58 valence electrons. The maximum Gasteiger partial charge on any atom is 0.0210 e. The van der Waals surface area contributed by atoms with Gasteiger partial charge in [-0.15, -0.1) is 0 Å². The molecule has 1 aromatic rings. The number of hydrogen-bond acceptors (Lipinski definition) is 1. The lowest BCUT2D eigenvalue weighted by molar-refractivity contribution is 0.986. The highest BCUT2D eigenvalue weighted by Gasteiger charge is 2.35. The highest BCUT2D eigenvalue weighted by atomic mass is 79.9. The zero-order valence-electron chi connectivity index (χ0n) is 6.13. The minimum absolute atomic E-state index is 0.397. The molecule has 2 rings (SSSR count). The van der Waals surface area contributed by atoms with Gasteiger partial charge in [-0.05, 0) is 18.1 Å². The monoisotopic (exact) mass is 211 g/mol. The summed E-state index contributed by atoms with van der Waals surface area (Å²) >= 11 is 3.51. The van der Waals surface area contributed by atoms with Gasteiger partial charge < -0.3 is 5.73 Å². The van der Waals surface area contributed by atoms with Gasteiger partial charge in [0.2, 0.25) is 0 Å². The lowest BCUT2D eigenvalue weighted by atomic mass is 10.1. The standard InChI is InChI=1S/C9H10BrN/c10-8-4-2-1-3-6(8)7-5-9(7)11/h1-4,7,9H,5,11H2/t7-,9+/m0/s1. The van der Waals surface area contributed by atoms with Gasteiger partial charge in [0.25, 0.3) is 0 Å². The quantitative estimate of drug-likeness (QED) is 0.759. The first-order chi connectivity index (χ1) is 5.29. The number of nitrogens with two attached hydrogens (primary N) is 1. The van der Waals surface area contributed by atoms with E-state index >= 15 is 0 Å². The Labute approximate surface area is 74.7 Å². The van der Waals surface area contributed by atoms with Gasteiger partial charge in [0.15, 0.2) is 0 Å². The molecule has 2 heteroatoms. The molecule has 0 unspecified atom stereocenters. The average molecular weight is 212 g/mol. The molecule has 0 spiro atoms. The summed E-state index contributed by atoms with van der Waals surface area (Å²) in [4.78, 5) is 0. The molecule has 1 aliphatic rings. The van der Waals surface area contributed by atoms with Crippen molar-refractivity contribution >= 4 is 15.9 Å². The van der Waals surface area contributed by atoms with Gasteiger partial charge in [0.1, 0.15) is 0 Å². The van der Waals surface area contributed by atoms with Crippen LogP contribution < -0.4 is 5.73 Å². The molecule has 1 nitrogen and oxygen atoms in total. The first-order valence-corrected chi connectivity index (χ1v) is 4.58. The van der Waals surface area contributed by atoms with Crippen LogP contribution >= 0.6 is 15.9 Å². The summed E-state index contributed by atoms with van der Waals surface area (Å²) in [5.74, 6) is 0.602. The molecule has 2 atom stereocenters. The molecule has 2 N–H and O–H groups in total. The molecule has 0 aromatic heterocycles. The van der Waals surface area contributed by atoms with E-state index in [2.05, 4.69) is 34.1 Å².